The summed E-state index contributed by atoms with van der Waals surface area (Å²) in [5.74, 6) is -0.931. The van der Waals surface area contributed by atoms with Gasteiger partial charge in [-0.05, 0) is 19.2 Å². The average Bonchev–Trinajstić information content (AvgIpc) is 2.45. The summed E-state index contributed by atoms with van der Waals surface area (Å²) < 4.78 is 45.6. The molecule has 1 aromatic carbocycles. The Balaban J connectivity index is 2.32. The van der Waals surface area contributed by atoms with Gasteiger partial charge >= 0.3 is 0 Å². The maximum absolute atomic E-state index is 13.7. The number of ether oxygens (including phenoxy) is 1. The highest BCUT2D eigenvalue weighted by atomic mass is 35.5. The Morgan fingerprint density at radius 2 is 2.19 bits per heavy atom. The van der Waals surface area contributed by atoms with E-state index >= 15 is 0 Å². The van der Waals surface area contributed by atoms with Crippen LogP contribution in [0.4, 0.5) is 4.39 Å². The first-order valence-corrected chi connectivity index (χ1v) is 8.47. The Hall–Kier alpha value is -0.440. The zero-order valence-electron chi connectivity index (χ0n) is 11.3. The van der Waals surface area contributed by atoms with Crippen LogP contribution in [0.3, 0.4) is 0 Å². The maximum Gasteiger partial charge on any atom is 0.244 e. The minimum Gasteiger partial charge on any atom is -0.374 e. The minimum absolute atomic E-state index is 0.184. The topological polar surface area (TPSA) is 58.6 Å². The third kappa shape index (κ3) is 3.49. The molecule has 5 nitrogen and oxygen atoms in total. The SMILES string of the molecule is CNCC1CN(S(=O)(=O)c2ccc(Cl)c(F)c2Cl)CCO1. The number of rotatable bonds is 4. The molecule has 118 valence electrons. The van der Waals surface area contributed by atoms with Gasteiger partial charge in [-0.25, -0.2) is 12.8 Å². The van der Waals surface area contributed by atoms with E-state index in [9.17, 15) is 12.8 Å². The molecule has 1 N–H and O–H groups in total. The maximum atomic E-state index is 13.7. The van der Waals surface area contributed by atoms with Crippen molar-refractivity contribution < 1.29 is 17.5 Å². The van der Waals surface area contributed by atoms with E-state index < -0.39 is 20.9 Å². The summed E-state index contributed by atoms with van der Waals surface area (Å²) in [7, 11) is -2.14. The van der Waals surface area contributed by atoms with Crippen LogP contribution in [-0.2, 0) is 14.8 Å². The van der Waals surface area contributed by atoms with Crippen LogP contribution in [0.5, 0.6) is 0 Å². The molecule has 2 rings (SSSR count). The molecule has 1 aliphatic rings. The van der Waals surface area contributed by atoms with Gasteiger partial charge in [0.05, 0.1) is 22.8 Å². The number of hydrogen-bond acceptors (Lipinski definition) is 4. The number of sulfonamides is 1. The smallest absolute Gasteiger partial charge is 0.244 e. The van der Waals surface area contributed by atoms with Crippen LogP contribution in [0.15, 0.2) is 17.0 Å². The number of likely N-dealkylation sites (N-methyl/N-ethyl adjacent to an activating group) is 1. The zero-order valence-corrected chi connectivity index (χ0v) is 13.6. The molecule has 0 spiro atoms. The van der Waals surface area contributed by atoms with E-state index in [1.165, 1.54) is 16.4 Å². The standard InChI is InChI=1S/C12H15Cl2FN2O3S/c1-16-6-8-7-17(4-5-20-8)21(18,19)10-3-2-9(13)12(15)11(10)14/h2-3,8,16H,4-7H2,1H3. The molecule has 1 heterocycles. The number of hydrogen-bond donors (Lipinski definition) is 1. The van der Waals surface area contributed by atoms with Crippen molar-refractivity contribution in [3.05, 3.63) is 28.0 Å². The van der Waals surface area contributed by atoms with Gasteiger partial charge in [0.15, 0.2) is 5.82 Å². The van der Waals surface area contributed by atoms with Crippen molar-refractivity contribution in [2.45, 2.75) is 11.0 Å². The van der Waals surface area contributed by atoms with E-state index in [0.717, 1.165) is 0 Å². The second kappa shape index (κ2) is 6.76. The molecule has 0 aliphatic carbocycles. The van der Waals surface area contributed by atoms with Crippen LogP contribution in [0.25, 0.3) is 0 Å². The van der Waals surface area contributed by atoms with Gasteiger partial charge in [-0.2, -0.15) is 4.31 Å². The summed E-state index contributed by atoms with van der Waals surface area (Å²) in [5.41, 5.74) is 0. The highest BCUT2D eigenvalue weighted by Gasteiger charge is 2.33. The lowest BCUT2D eigenvalue weighted by atomic mass is 10.3. The number of nitrogens with zero attached hydrogens (tertiary/aromatic N) is 1. The van der Waals surface area contributed by atoms with Crippen molar-refractivity contribution in [1.29, 1.82) is 0 Å². The van der Waals surface area contributed by atoms with E-state index in [1.807, 2.05) is 0 Å². The zero-order chi connectivity index (χ0) is 15.6. The predicted octanol–water partition coefficient (Wildman–Crippen LogP) is 1.74. The Labute approximate surface area is 133 Å². The van der Waals surface area contributed by atoms with E-state index in [4.69, 9.17) is 27.9 Å². The molecule has 0 aromatic heterocycles. The fourth-order valence-electron chi connectivity index (χ4n) is 2.11. The van der Waals surface area contributed by atoms with E-state index in [1.54, 1.807) is 7.05 Å². The largest absolute Gasteiger partial charge is 0.374 e. The molecule has 1 fully saturated rings. The second-order valence-corrected chi connectivity index (χ2v) is 7.28. The van der Waals surface area contributed by atoms with Gasteiger partial charge in [-0.3, -0.25) is 0 Å². The summed E-state index contributed by atoms with van der Waals surface area (Å²) >= 11 is 11.4. The van der Waals surface area contributed by atoms with Crippen molar-refractivity contribution >= 4 is 33.2 Å². The highest BCUT2D eigenvalue weighted by molar-refractivity contribution is 7.89. The van der Waals surface area contributed by atoms with E-state index in [0.29, 0.717) is 6.54 Å². The number of morpholine rings is 1. The van der Waals surface area contributed by atoms with Gasteiger partial charge in [0, 0.05) is 19.6 Å². The Kier molecular flexibility index (Phi) is 5.45. The molecule has 0 radical (unpaired) electrons. The van der Waals surface area contributed by atoms with Crippen LogP contribution in [-0.4, -0.2) is 52.1 Å². The van der Waals surface area contributed by atoms with Crippen molar-refractivity contribution in [2.75, 3.05) is 33.3 Å². The summed E-state index contributed by atoms with van der Waals surface area (Å²) in [5, 5.41) is 2.23. The fraction of sp³-hybridized carbons (Fsp3) is 0.500. The molecule has 1 aliphatic heterocycles. The average molecular weight is 357 g/mol. The lowest BCUT2D eigenvalue weighted by molar-refractivity contribution is 0.000822. The van der Waals surface area contributed by atoms with Crippen LogP contribution < -0.4 is 5.32 Å². The first kappa shape index (κ1) is 16.9. The van der Waals surface area contributed by atoms with Crippen LogP contribution in [0.1, 0.15) is 0 Å². The van der Waals surface area contributed by atoms with Gasteiger partial charge in [0.25, 0.3) is 0 Å². The lowest BCUT2D eigenvalue weighted by Gasteiger charge is -2.32. The number of benzene rings is 1. The van der Waals surface area contributed by atoms with Gasteiger partial charge in [0.1, 0.15) is 4.90 Å². The normalized spacial score (nSPS) is 20.7. The van der Waals surface area contributed by atoms with E-state index in [-0.39, 0.29) is 35.7 Å². The molecule has 9 heteroatoms. The van der Waals surface area contributed by atoms with Crippen LogP contribution in [0, 0.1) is 5.82 Å². The molecule has 1 aromatic rings. The first-order valence-electron chi connectivity index (χ1n) is 6.27. The van der Waals surface area contributed by atoms with Crippen molar-refractivity contribution in [1.82, 2.24) is 9.62 Å². The molecule has 21 heavy (non-hydrogen) atoms. The third-order valence-corrected chi connectivity index (χ3v) is 5.83. The summed E-state index contributed by atoms with van der Waals surface area (Å²) in [6, 6.07) is 2.40. The monoisotopic (exact) mass is 356 g/mol. The van der Waals surface area contributed by atoms with Gasteiger partial charge in [0.2, 0.25) is 10.0 Å². The molecule has 0 amide bonds. The Morgan fingerprint density at radius 1 is 1.48 bits per heavy atom. The molecule has 0 saturated carbocycles. The number of halogens is 3. The lowest BCUT2D eigenvalue weighted by Crippen LogP contribution is -2.48. The second-order valence-electron chi connectivity index (χ2n) is 4.59. The molecular formula is C12H15Cl2FN2O3S. The molecular weight excluding hydrogens is 342 g/mol. The summed E-state index contributed by atoms with van der Waals surface area (Å²) in [6.07, 6.45) is -0.255. The number of nitrogens with one attached hydrogen (secondary N) is 1. The predicted molar refractivity (Wildman–Crippen MR) is 78.8 cm³/mol. The van der Waals surface area contributed by atoms with Crippen molar-refractivity contribution in [2.24, 2.45) is 0 Å². The van der Waals surface area contributed by atoms with Crippen LogP contribution in [0.2, 0.25) is 10.0 Å². The summed E-state index contributed by atoms with van der Waals surface area (Å²) in [4.78, 5) is -0.281. The third-order valence-electron chi connectivity index (χ3n) is 3.15. The minimum atomic E-state index is -3.89. The van der Waals surface area contributed by atoms with Gasteiger partial charge in [-0.1, -0.05) is 23.2 Å². The highest BCUT2D eigenvalue weighted by Crippen LogP contribution is 2.31. The molecule has 1 atom stereocenters. The van der Waals surface area contributed by atoms with Crippen LogP contribution >= 0.6 is 23.2 Å². The van der Waals surface area contributed by atoms with Gasteiger partial charge in [-0.15, -0.1) is 0 Å². The van der Waals surface area contributed by atoms with Crippen molar-refractivity contribution in [3.63, 3.8) is 0 Å². The molecule has 1 unspecified atom stereocenters. The fourth-order valence-corrected chi connectivity index (χ4v) is 4.28. The Morgan fingerprint density at radius 3 is 2.86 bits per heavy atom. The Bertz CT molecular complexity index is 625. The van der Waals surface area contributed by atoms with Gasteiger partial charge < -0.3 is 10.1 Å². The van der Waals surface area contributed by atoms with E-state index in [2.05, 4.69) is 5.32 Å². The summed E-state index contributed by atoms with van der Waals surface area (Å²) in [6.45, 7) is 1.18. The quantitative estimate of drug-likeness (QED) is 0.834. The molecule has 0 bridgehead atoms. The first-order chi connectivity index (χ1) is 9.87. The van der Waals surface area contributed by atoms with Crippen molar-refractivity contribution in [3.8, 4) is 0 Å². The molecule has 1 saturated heterocycles.